The first-order valence-electron chi connectivity index (χ1n) is 9.12. The minimum Gasteiger partial charge on any atom is -0.489 e. The molecule has 1 fully saturated rings. The topological polar surface area (TPSA) is 60.2 Å². The molecular weight excluding hydrogens is 362 g/mol. The molecule has 1 saturated heterocycles. The summed E-state index contributed by atoms with van der Waals surface area (Å²) in [7, 11) is 0. The van der Waals surface area contributed by atoms with E-state index in [1.54, 1.807) is 0 Å². The predicted octanol–water partition coefficient (Wildman–Crippen LogP) is 4.59. The molecule has 1 aliphatic rings. The van der Waals surface area contributed by atoms with E-state index in [1.165, 1.54) is 0 Å². The Labute approximate surface area is 165 Å². The summed E-state index contributed by atoms with van der Waals surface area (Å²) in [6.07, 6.45) is 2.08. The molecule has 1 aromatic heterocycles. The van der Waals surface area contributed by atoms with Crippen LogP contribution in [0.3, 0.4) is 0 Å². The van der Waals surface area contributed by atoms with Gasteiger partial charge >= 0.3 is 0 Å². The lowest BCUT2D eigenvalue weighted by molar-refractivity contribution is 0.295. The summed E-state index contributed by atoms with van der Waals surface area (Å²) in [5.41, 5.74) is 2.09. The Bertz CT molecular complexity index is 836. The molecule has 27 heavy (non-hydrogen) atoms. The minimum atomic E-state index is 0. The van der Waals surface area contributed by atoms with Crippen LogP contribution in [0.1, 0.15) is 37.1 Å². The lowest BCUT2D eigenvalue weighted by Crippen LogP contribution is -2.34. The number of nitrogens with zero attached hydrogens (tertiary/aromatic N) is 2. The van der Waals surface area contributed by atoms with Gasteiger partial charge in [0.25, 0.3) is 0 Å². The Morgan fingerprint density at radius 1 is 1.11 bits per heavy atom. The van der Waals surface area contributed by atoms with Crippen molar-refractivity contribution in [1.29, 1.82) is 0 Å². The van der Waals surface area contributed by atoms with Gasteiger partial charge in [-0.1, -0.05) is 35.5 Å². The third kappa shape index (κ3) is 4.87. The van der Waals surface area contributed by atoms with Gasteiger partial charge in [0.2, 0.25) is 11.7 Å². The fraction of sp³-hybridized carbons (Fsp3) is 0.333. The number of nitrogens with one attached hydrogen (secondary N) is 1. The molecule has 0 radical (unpaired) electrons. The molecule has 5 nitrogen and oxygen atoms in total. The summed E-state index contributed by atoms with van der Waals surface area (Å²) in [5.74, 6) is 2.56. The van der Waals surface area contributed by atoms with Gasteiger partial charge in [-0.2, -0.15) is 4.98 Å². The van der Waals surface area contributed by atoms with E-state index in [-0.39, 0.29) is 12.4 Å². The van der Waals surface area contributed by atoms with E-state index in [4.69, 9.17) is 9.26 Å². The first-order valence-corrected chi connectivity index (χ1v) is 9.12. The fourth-order valence-electron chi connectivity index (χ4n) is 3.32. The monoisotopic (exact) mass is 385 g/mol. The highest BCUT2D eigenvalue weighted by atomic mass is 35.5. The van der Waals surface area contributed by atoms with Crippen molar-refractivity contribution in [2.45, 2.75) is 38.3 Å². The number of ether oxygens (including phenoxy) is 1. The second-order valence-electron chi connectivity index (χ2n) is 6.83. The van der Waals surface area contributed by atoms with E-state index in [0.717, 1.165) is 42.2 Å². The number of aromatic nitrogens is 2. The lowest BCUT2D eigenvalue weighted by atomic mass is 9.93. The summed E-state index contributed by atoms with van der Waals surface area (Å²) in [6, 6.07) is 18.5. The van der Waals surface area contributed by atoms with Crippen molar-refractivity contribution in [1.82, 2.24) is 15.5 Å². The number of rotatable bonds is 5. The zero-order valence-corrected chi connectivity index (χ0v) is 16.1. The quantitative estimate of drug-likeness (QED) is 0.695. The molecule has 0 spiro atoms. The van der Waals surface area contributed by atoms with E-state index < -0.39 is 0 Å². The molecule has 0 unspecified atom stereocenters. The second kappa shape index (κ2) is 9.02. The van der Waals surface area contributed by atoms with Crippen molar-refractivity contribution < 1.29 is 9.26 Å². The van der Waals surface area contributed by atoms with Gasteiger partial charge in [0.15, 0.2) is 0 Å². The van der Waals surface area contributed by atoms with Gasteiger partial charge in [0.05, 0.1) is 0 Å². The summed E-state index contributed by atoms with van der Waals surface area (Å²) < 4.78 is 11.3. The van der Waals surface area contributed by atoms with E-state index in [1.807, 2.05) is 42.5 Å². The highest BCUT2D eigenvalue weighted by molar-refractivity contribution is 5.85. The van der Waals surface area contributed by atoms with Crippen molar-refractivity contribution in [3.8, 4) is 17.1 Å². The van der Waals surface area contributed by atoms with Gasteiger partial charge in [0.1, 0.15) is 12.4 Å². The zero-order chi connectivity index (χ0) is 17.8. The maximum atomic E-state index is 5.82. The van der Waals surface area contributed by atoms with E-state index in [2.05, 4.69) is 34.5 Å². The summed E-state index contributed by atoms with van der Waals surface area (Å²) in [6.45, 7) is 3.75. The molecular formula is C21H24ClN3O2. The summed E-state index contributed by atoms with van der Waals surface area (Å²) >= 11 is 0. The minimum absolute atomic E-state index is 0. The van der Waals surface area contributed by atoms with Crippen LogP contribution < -0.4 is 10.1 Å². The molecule has 0 amide bonds. The van der Waals surface area contributed by atoms with E-state index >= 15 is 0 Å². The Morgan fingerprint density at radius 3 is 2.63 bits per heavy atom. The first kappa shape index (κ1) is 19.4. The normalized spacial score (nSPS) is 19.3. The highest BCUT2D eigenvalue weighted by Crippen LogP contribution is 2.28. The maximum absolute atomic E-state index is 5.82. The molecule has 2 aromatic carbocycles. The number of hydrogen-bond acceptors (Lipinski definition) is 5. The first-order chi connectivity index (χ1) is 12.8. The van der Waals surface area contributed by atoms with Gasteiger partial charge in [-0.15, -0.1) is 12.4 Å². The molecule has 1 aliphatic heterocycles. The zero-order valence-electron chi connectivity index (χ0n) is 15.3. The molecule has 1 N–H and O–H groups in total. The van der Waals surface area contributed by atoms with E-state index in [0.29, 0.717) is 24.4 Å². The van der Waals surface area contributed by atoms with Crippen LogP contribution >= 0.6 is 12.4 Å². The number of benzene rings is 2. The molecule has 4 rings (SSSR count). The van der Waals surface area contributed by atoms with E-state index in [9.17, 15) is 0 Å². The third-order valence-corrected chi connectivity index (χ3v) is 4.78. The summed E-state index contributed by atoms with van der Waals surface area (Å²) in [4.78, 5) is 4.62. The van der Waals surface area contributed by atoms with Crippen molar-refractivity contribution in [2.24, 2.45) is 0 Å². The largest absolute Gasteiger partial charge is 0.489 e. The lowest BCUT2D eigenvalue weighted by Gasteiger charge is -2.25. The third-order valence-electron chi connectivity index (χ3n) is 4.78. The molecule has 2 heterocycles. The van der Waals surface area contributed by atoms with Crippen LogP contribution in [-0.2, 0) is 6.61 Å². The van der Waals surface area contributed by atoms with Crippen LogP contribution in [0, 0.1) is 0 Å². The highest BCUT2D eigenvalue weighted by Gasteiger charge is 2.25. The van der Waals surface area contributed by atoms with Gasteiger partial charge < -0.3 is 14.6 Å². The molecule has 3 aromatic rings. The van der Waals surface area contributed by atoms with Gasteiger partial charge in [-0.3, -0.25) is 0 Å². The maximum Gasteiger partial charge on any atom is 0.230 e. The summed E-state index contributed by atoms with van der Waals surface area (Å²) in [5, 5.41) is 7.61. The van der Waals surface area contributed by atoms with Crippen LogP contribution in [0.15, 0.2) is 59.1 Å². The van der Waals surface area contributed by atoms with Crippen LogP contribution in [-0.4, -0.2) is 22.7 Å². The Kier molecular flexibility index (Phi) is 6.48. The molecule has 0 bridgehead atoms. The molecule has 0 saturated carbocycles. The Balaban J connectivity index is 0.00000210. The fourth-order valence-corrected chi connectivity index (χ4v) is 3.32. The van der Waals surface area contributed by atoms with Crippen LogP contribution in [0.2, 0.25) is 0 Å². The Hall–Kier alpha value is -2.37. The SMILES string of the molecule is C[C@H]1C[C@@H](c2nc(-c3ccc(OCc4ccccc4)cc3)no2)CCN1.Cl. The Morgan fingerprint density at radius 2 is 1.89 bits per heavy atom. The number of halogens is 1. The van der Waals surface area contributed by atoms with Crippen molar-refractivity contribution in [2.75, 3.05) is 6.54 Å². The average molecular weight is 386 g/mol. The molecule has 6 heteroatoms. The van der Waals surface area contributed by atoms with Crippen molar-refractivity contribution in [3.63, 3.8) is 0 Å². The molecule has 0 aliphatic carbocycles. The second-order valence-corrected chi connectivity index (χ2v) is 6.83. The van der Waals surface area contributed by atoms with Crippen molar-refractivity contribution >= 4 is 12.4 Å². The van der Waals surface area contributed by atoms with Crippen molar-refractivity contribution in [3.05, 3.63) is 66.1 Å². The number of piperidine rings is 1. The molecule has 142 valence electrons. The smallest absolute Gasteiger partial charge is 0.230 e. The standard InChI is InChI=1S/C21H23N3O2.ClH/c1-15-13-18(11-12-22-15)21-23-20(24-26-21)17-7-9-19(10-8-17)25-14-16-5-3-2-4-6-16;/h2-10,15,18,22H,11-14H2,1H3;1H/t15-,18-;/m0./s1. The predicted molar refractivity (Wildman–Crippen MR) is 107 cm³/mol. The average Bonchev–Trinajstić information content (AvgIpc) is 3.18. The van der Waals surface area contributed by atoms with Gasteiger partial charge in [-0.25, -0.2) is 0 Å². The molecule has 2 atom stereocenters. The van der Waals surface area contributed by atoms with Crippen LogP contribution in [0.25, 0.3) is 11.4 Å². The van der Waals surface area contributed by atoms with Gasteiger partial charge in [-0.05, 0) is 56.1 Å². The number of hydrogen-bond donors (Lipinski definition) is 1. The van der Waals surface area contributed by atoms with Crippen LogP contribution in [0.5, 0.6) is 5.75 Å². The van der Waals surface area contributed by atoms with Crippen LogP contribution in [0.4, 0.5) is 0 Å². The van der Waals surface area contributed by atoms with Gasteiger partial charge in [0, 0.05) is 17.5 Å².